The normalized spacial score (nSPS) is 26.0. The lowest BCUT2D eigenvalue weighted by Crippen LogP contribution is -2.52. The predicted octanol–water partition coefficient (Wildman–Crippen LogP) is 0.883. The number of nitrogens with zero attached hydrogens (tertiary/aromatic N) is 3. The highest BCUT2D eigenvalue weighted by Gasteiger charge is 2.43. The number of morpholine rings is 1. The van der Waals surface area contributed by atoms with E-state index in [1.54, 1.807) is 0 Å². The van der Waals surface area contributed by atoms with Gasteiger partial charge in [-0.25, -0.2) is 4.39 Å². The van der Waals surface area contributed by atoms with Gasteiger partial charge in [0.2, 0.25) is 5.91 Å². The van der Waals surface area contributed by atoms with Crippen LogP contribution in [0.1, 0.15) is 19.3 Å². The highest BCUT2D eigenvalue weighted by atomic mass is 19.1. The number of benzene rings is 1. The van der Waals surface area contributed by atoms with Gasteiger partial charge in [0, 0.05) is 13.0 Å². The molecular weight excluding hydrogens is 339 g/mol. The molecule has 2 N–H and O–H groups in total. The fraction of sp³-hybridized carbons (Fsp3) is 0.500. The number of carbonyl (C=O) groups excluding carboxylic acids is 2. The van der Waals surface area contributed by atoms with Gasteiger partial charge in [0.15, 0.2) is 0 Å². The van der Waals surface area contributed by atoms with E-state index in [1.165, 1.54) is 29.3 Å². The van der Waals surface area contributed by atoms with E-state index in [4.69, 9.17) is 10.5 Å². The fourth-order valence-corrected chi connectivity index (χ4v) is 3.61. The van der Waals surface area contributed by atoms with E-state index in [2.05, 4.69) is 5.10 Å². The van der Waals surface area contributed by atoms with Crippen LogP contribution in [0, 0.1) is 11.7 Å². The van der Waals surface area contributed by atoms with Crippen molar-refractivity contribution in [1.82, 2.24) is 4.90 Å². The molecule has 2 fully saturated rings. The zero-order chi connectivity index (χ0) is 18.3. The van der Waals surface area contributed by atoms with Gasteiger partial charge in [0.25, 0.3) is 5.91 Å². The van der Waals surface area contributed by atoms with Gasteiger partial charge in [0.1, 0.15) is 17.6 Å². The molecule has 4 rings (SSSR count). The molecule has 0 spiro atoms. The molecule has 2 aliphatic heterocycles. The van der Waals surface area contributed by atoms with Gasteiger partial charge >= 0.3 is 0 Å². The van der Waals surface area contributed by atoms with E-state index >= 15 is 0 Å². The van der Waals surface area contributed by atoms with Crippen molar-refractivity contribution in [3.8, 4) is 0 Å². The van der Waals surface area contributed by atoms with E-state index in [0.29, 0.717) is 37.1 Å². The van der Waals surface area contributed by atoms with Crippen molar-refractivity contribution in [2.45, 2.75) is 31.3 Å². The Morgan fingerprint density at radius 2 is 1.96 bits per heavy atom. The molecule has 1 saturated carbocycles. The SMILES string of the molecule is NC(=O)[C@H]1CC(C(=O)N2CCOC[C@H]2C2CC2)=NN1c1ccc(F)cc1. The number of rotatable bonds is 4. The van der Waals surface area contributed by atoms with Gasteiger partial charge in [-0.05, 0) is 43.0 Å². The fourth-order valence-electron chi connectivity index (χ4n) is 3.61. The Morgan fingerprint density at radius 3 is 2.62 bits per heavy atom. The molecule has 1 saturated heterocycles. The lowest BCUT2D eigenvalue weighted by molar-refractivity contribution is -0.133. The Balaban J connectivity index is 1.58. The Kier molecular flexibility index (Phi) is 4.36. The third kappa shape index (κ3) is 3.16. The highest BCUT2D eigenvalue weighted by molar-refractivity contribution is 6.40. The van der Waals surface area contributed by atoms with Crippen LogP contribution in [0.25, 0.3) is 0 Å². The van der Waals surface area contributed by atoms with Crippen LogP contribution in [0.2, 0.25) is 0 Å². The summed E-state index contributed by atoms with van der Waals surface area (Å²) in [7, 11) is 0. The molecule has 0 unspecified atom stereocenters. The molecule has 1 aromatic carbocycles. The highest BCUT2D eigenvalue weighted by Crippen LogP contribution is 2.37. The Labute approximate surface area is 150 Å². The number of primary amides is 1. The number of ether oxygens (including phenoxy) is 1. The van der Waals surface area contributed by atoms with Gasteiger partial charge in [-0.3, -0.25) is 14.6 Å². The van der Waals surface area contributed by atoms with Gasteiger partial charge in [-0.15, -0.1) is 0 Å². The number of hydrogen-bond donors (Lipinski definition) is 1. The Hall–Kier alpha value is -2.48. The number of nitrogens with two attached hydrogens (primary N) is 1. The number of hydrogen-bond acceptors (Lipinski definition) is 5. The summed E-state index contributed by atoms with van der Waals surface area (Å²) in [6.07, 6.45) is 2.37. The zero-order valence-corrected chi connectivity index (χ0v) is 14.3. The van der Waals surface area contributed by atoms with E-state index < -0.39 is 11.9 Å². The molecule has 138 valence electrons. The minimum atomic E-state index is -0.750. The van der Waals surface area contributed by atoms with Crippen LogP contribution in [0.15, 0.2) is 29.4 Å². The largest absolute Gasteiger partial charge is 0.377 e. The number of carbonyl (C=O) groups is 2. The van der Waals surface area contributed by atoms with Crippen molar-refractivity contribution in [2.24, 2.45) is 16.8 Å². The molecular formula is C18H21FN4O3. The lowest BCUT2D eigenvalue weighted by atomic mass is 10.1. The number of amides is 2. The molecule has 7 nitrogen and oxygen atoms in total. The quantitative estimate of drug-likeness (QED) is 0.863. The number of anilines is 1. The maximum absolute atomic E-state index is 13.2. The summed E-state index contributed by atoms with van der Waals surface area (Å²) >= 11 is 0. The number of halogens is 1. The minimum Gasteiger partial charge on any atom is -0.377 e. The maximum Gasteiger partial charge on any atom is 0.270 e. The van der Waals surface area contributed by atoms with E-state index in [9.17, 15) is 14.0 Å². The van der Waals surface area contributed by atoms with Gasteiger partial charge in [-0.2, -0.15) is 5.10 Å². The van der Waals surface area contributed by atoms with E-state index in [-0.39, 0.29) is 24.2 Å². The second-order valence-corrected chi connectivity index (χ2v) is 6.97. The summed E-state index contributed by atoms with van der Waals surface area (Å²) in [4.78, 5) is 26.7. The first-order valence-electron chi connectivity index (χ1n) is 8.85. The Bertz CT molecular complexity index is 747. The van der Waals surface area contributed by atoms with Crippen LogP contribution in [0.4, 0.5) is 10.1 Å². The van der Waals surface area contributed by atoms with Crippen LogP contribution in [0.5, 0.6) is 0 Å². The first-order valence-corrected chi connectivity index (χ1v) is 8.85. The molecule has 2 amide bonds. The molecule has 1 aliphatic carbocycles. The van der Waals surface area contributed by atoms with E-state index in [0.717, 1.165) is 12.8 Å². The Morgan fingerprint density at radius 1 is 1.23 bits per heavy atom. The third-order valence-corrected chi connectivity index (χ3v) is 5.17. The molecule has 2 atom stereocenters. The molecule has 8 heteroatoms. The molecule has 0 radical (unpaired) electrons. The maximum atomic E-state index is 13.2. The standard InChI is InChI=1S/C18H21FN4O3/c19-12-3-5-13(6-4-12)23-15(17(20)24)9-14(21-23)18(25)22-7-8-26-10-16(22)11-1-2-11/h3-6,11,15-16H,1-2,7-10H2,(H2,20,24)/t15-,16+/m1/s1. The topological polar surface area (TPSA) is 88.2 Å². The van der Waals surface area contributed by atoms with Gasteiger partial charge < -0.3 is 15.4 Å². The molecule has 0 bridgehead atoms. The average Bonchev–Trinajstić information content (AvgIpc) is 3.39. The lowest BCUT2D eigenvalue weighted by Gasteiger charge is -2.35. The van der Waals surface area contributed by atoms with Crippen LogP contribution in [-0.2, 0) is 14.3 Å². The average molecular weight is 360 g/mol. The second kappa shape index (κ2) is 6.68. The summed E-state index contributed by atoms with van der Waals surface area (Å²) < 4.78 is 18.7. The molecule has 26 heavy (non-hydrogen) atoms. The second-order valence-electron chi connectivity index (χ2n) is 6.97. The van der Waals surface area contributed by atoms with Crippen molar-refractivity contribution in [3.63, 3.8) is 0 Å². The summed E-state index contributed by atoms with van der Waals surface area (Å²) in [5.74, 6) is -0.631. The molecule has 2 heterocycles. The van der Waals surface area contributed by atoms with Crippen LogP contribution in [0.3, 0.4) is 0 Å². The van der Waals surface area contributed by atoms with Crippen molar-refractivity contribution >= 4 is 23.2 Å². The summed E-state index contributed by atoms with van der Waals surface area (Å²) in [5, 5.41) is 5.79. The van der Waals surface area contributed by atoms with E-state index in [1.807, 2.05) is 4.90 Å². The molecule has 0 aromatic heterocycles. The molecule has 3 aliphatic rings. The smallest absolute Gasteiger partial charge is 0.270 e. The minimum absolute atomic E-state index is 0.0749. The third-order valence-electron chi connectivity index (χ3n) is 5.17. The first-order chi connectivity index (χ1) is 12.5. The van der Waals surface area contributed by atoms with Crippen LogP contribution >= 0.6 is 0 Å². The number of hydrazone groups is 1. The van der Waals surface area contributed by atoms with Crippen LogP contribution in [-0.4, -0.2) is 54.3 Å². The summed E-state index contributed by atoms with van der Waals surface area (Å²) in [6.45, 7) is 1.57. The predicted molar refractivity (Wildman–Crippen MR) is 93.0 cm³/mol. The van der Waals surface area contributed by atoms with Gasteiger partial charge in [0.05, 0.1) is 24.9 Å². The molecule has 1 aromatic rings. The van der Waals surface area contributed by atoms with Crippen molar-refractivity contribution < 1.29 is 18.7 Å². The van der Waals surface area contributed by atoms with Crippen molar-refractivity contribution in [2.75, 3.05) is 24.8 Å². The van der Waals surface area contributed by atoms with Crippen LogP contribution < -0.4 is 10.7 Å². The summed E-state index contributed by atoms with van der Waals surface area (Å²) in [5.41, 5.74) is 6.35. The zero-order valence-electron chi connectivity index (χ0n) is 14.3. The van der Waals surface area contributed by atoms with Crippen molar-refractivity contribution in [1.29, 1.82) is 0 Å². The monoisotopic (exact) mass is 360 g/mol. The first kappa shape index (κ1) is 17.0. The van der Waals surface area contributed by atoms with Crippen molar-refractivity contribution in [3.05, 3.63) is 30.1 Å². The van der Waals surface area contributed by atoms with Gasteiger partial charge in [-0.1, -0.05) is 0 Å². The summed E-state index contributed by atoms with van der Waals surface area (Å²) in [6, 6.07) is 4.93.